The molecule has 3 nitrogen and oxygen atoms in total. The quantitative estimate of drug-likeness (QED) is 0.719. The minimum Gasteiger partial charge on any atom is -0.396 e. The van der Waals surface area contributed by atoms with Gasteiger partial charge in [-0.15, -0.1) is 0 Å². The molecule has 0 amide bonds. The fourth-order valence-electron chi connectivity index (χ4n) is 1.95. The van der Waals surface area contributed by atoms with Crippen molar-refractivity contribution in [1.29, 1.82) is 0 Å². The maximum atomic E-state index is 9.87. The third-order valence-electron chi connectivity index (χ3n) is 2.82. The second-order valence-electron chi connectivity index (χ2n) is 4.34. The van der Waals surface area contributed by atoms with Gasteiger partial charge in [-0.25, -0.2) is 0 Å². The first-order valence-corrected chi connectivity index (χ1v) is 5.39. The van der Waals surface area contributed by atoms with Crippen molar-refractivity contribution >= 4 is 23.0 Å². The number of para-hydroxylation sites is 1. The smallest absolute Gasteiger partial charge is 0.0810 e. The third-order valence-corrected chi connectivity index (χ3v) is 3.15. The van der Waals surface area contributed by atoms with Gasteiger partial charge in [0.05, 0.1) is 22.0 Å². The normalized spacial score (nSPS) is 25.9. The Morgan fingerprint density at radius 1 is 1.53 bits per heavy atom. The highest BCUT2D eigenvalue weighted by atomic mass is 35.5. The Kier molecular flexibility index (Phi) is 2.52. The first-order valence-electron chi connectivity index (χ1n) is 5.01. The summed E-state index contributed by atoms with van der Waals surface area (Å²) in [5.41, 5.74) is 6.79. The molecule has 1 unspecified atom stereocenters. The lowest BCUT2D eigenvalue weighted by Crippen LogP contribution is -2.29. The Hall–Kier alpha value is -0.930. The minimum absolute atomic E-state index is 0.569. The van der Waals surface area contributed by atoms with Crippen LogP contribution < -0.4 is 10.6 Å². The highest BCUT2D eigenvalue weighted by Gasteiger charge is 2.32. The Morgan fingerprint density at radius 3 is 2.87 bits per heavy atom. The fourth-order valence-corrected chi connectivity index (χ4v) is 2.12. The van der Waals surface area contributed by atoms with Gasteiger partial charge in [-0.05, 0) is 25.5 Å². The van der Waals surface area contributed by atoms with Crippen molar-refractivity contribution in [2.24, 2.45) is 0 Å². The predicted molar refractivity (Wildman–Crippen MR) is 63.3 cm³/mol. The number of rotatable bonds is 1. The van der Waals surface area contributed by atoms with Crippen LogP contribution in [0.2, 0.25) is 5.02 Å². The van der Waals surface area contributed by atoms with E-state index in [9.17, 15) is 5.11 Å². The van der Waals surface area contributed by atoms with Crippen molar-refractivity contribution in [1.82, 2.24) is 0 Å². The summed E-state index contributed by atoms with van der Waals surface area (Å²) in [5, 5.41) is 10.4. The second-order valence-corrected chi connectivity index (χ2v) is 4.75. The largest absolute Gasteiger partial charge is 0.396 e. The molecule has 1 atom stereocenters. The van der Waals surface area contributed by atoms with E-state index in [0.717, 1.165) is 18.7 Å². The molecule has 1 aromatic rings. The van der Waals surface area contributed by atoms with E-state index in [-0.39, 0.29) is 0 Å². The van der Waals surface area contributed by atoms with Crippen LogP contribution in [0.4, 0.5) is 11.4 Å². The Balaban J connectivity index is 2.28. The van der Waals surface area contributed by atoms with Crippen LogP contribution in [0.5, 0.6) is 0 Å². The summed E-state index contributed by atoms with van der Waals surface area (Å²) < 4.78 is 0. The van der Waals surface area contributed by atoms with Crippen LogP contribution >= 0.6 is 11.6 Å². The van der Waals surface area contributed by atoms with Crippen molar-refractivity contribution in [3.63, 3.8) is 0 Å². The van der Waals surface area contributed by atoms with Crippen LogP contribution in [0.1, 0.15) is 13.3 Å². The Labute approximate surface area is 94.4 Å². The van der Waals surface area contributed by atoms with Crippen molar-refractivity contribution in [2.75, 3.05) is 23.7 Å². The number of hydrogen-bond acceptors (Lipinski definition) is 3. The SMILES string of the molecule is CC1(O)CCN(c2cccc(Cl)c2N)C1. The molecular weight excluding hydrogens is 212 g/mol. The average molecular weight is 227 g/mol. The molecule has 4 heteroatoms. The van der Waals surface area contributed by atoms with E-state index in [1.807, 2.05) is 19.1 Å². The molecule has 15 heavy (non-hydrogen) atoms. The van der Waals surface area contributed by atoms with Gasteiger partial charge in [-0.3, -0.25) is 0 Å². The molecule has 82 valence electrons. The van der Waals surface area contributed by atoms with Crippen molar-refractivity contribution in [3.8, 4) is 0 Å². The van der Waals surface area contributed by atoms with E-state index in [2.05, 4.69) is 4.90 Å². The van der Waals surface area contributed by atoms with Crippen molar-refractivity contribution < 1.29 is 5.11 Å². The van der Waals surface area contributed by atoms with E-state index in [1.165, 1.54) is 0 Å². The van der Waals surface area contributed by atoms with Gasteiger partial charge < -0.3 is 15.7 Å². The summed E-state index contributed by atoms with van der Waals surface area (Å²) >= 11 is 5.95. The van der Waals surface area contributed by atoms with E-state index in [4.69, 9.17) is 17.3 Å². The standard InChI is InChI=1S/C11H15ClN2O/c1-11(15)5-6-14(7-11)9-4-2-3-8(12)10(9)13/h2-4,15H,5-7,13H2,1H3. The molecule has 3 N–H and O–H groups in total. The van der Waals surface area contributed by atoms with Crippen molar-refractivity contribution in [3.05, 3.63) is 23.2 Å². The number of hydrogen-bond donors (Lipinski definition) is 2. The van der Waals surface area contributed by atoms with Gasteiger partial charge in [0.25, 0.3) is 0 Å². The molecule has 2 rings (SSSR count). The number of benzene rings is 1. The molecule has 1 aromatic carbocycles. The lowest BCUT2D eigenvalue weighted by atomic mass is 10.1. The summed E-state index contributed by atoms with van der Waals surface area (Å²) in [6.45, 7) is 3.27. The number of nitrogens with two attached hydrogens (primary N) is 1. The number of nitrogen functional groups attached to an aromatic ring is 1. The number of halogens is 1. The molecule has 0 aliphatic carbocycles. The molecule has 0 radical (unpaired) electrons. The zero-order valence-electron chi connectivity index (χ0n) is 8.70. The third kappa shape index (κ3) is 2.03. The van der Waals surface area contributed by atoms with Gasteiger partial charge >= 0.3 is 0 Å². The van der Waals surface area contributed by atoms with Crippen molar-refractivity contribution in [2.45, 2.75) is 18.9 Å². The van der Waals surface area contributed by atoms with Crippen LogP contribution in [0.25, 0.3) is 0 Å². The van der Waals surface area contributed by atoms with Crippen LogP contribution in [-0.2, 0) is 0 Å². The van der Waals surface area contributed by atoms with Gasteiger partial charge in [0.1, 0.15) is 0 Å². The number of anilines is 2. The lowest BCUT2D eigenvalue weighted by Gasteiger charge is -2.22. The van der Waals surface area contributed by atoms with Gasteiger partial charge in [0, 0.05) is 13.1 Å². The fraction of sp³-hybridized carbons (Fsp3) is 0.455. The number of β-amino-alcohol motifs (C(OH)–C–C–N with tert-alkyl or cyclic N) is 1. The molecule has 0 spiro atoms. The zero-order chi connectivity index (χ0) is 11.1. The highest BCUT2D eigenvalue weighted by molar-refractivity contribution is 6.33. The van der Waals surface area contributed by atoms with E-state index in [1.54, 1.807) is 6.07 Å². The monoisotopic (exact) mass is 226 g/mol. The first kappa shape index (κ1) is 10.6. The van der Waals surface area contributed by atoms with Gasteiger partial charge in [0.2, 0.25) is 0 Å². The highest BCUT2D eigenvalue weighted by Crippen LogP contribution is 2.34. The molecule has 1 heterocycles. The molecule has 1 aliphatic rings. The van der Waals surface area contributed by atoms with Crippen LogP contribution in [0.3, 0.4) is 0 Å². The first-order chi connectivity index (χ1) is 6.99. The summed E-state index contributed by atoms with van der Waals surface area (Å²) in [5.74, 6) is 0. The molecule has 1 fully saturated rings. The van der Waals surface area contributed by atoms with Gasteiger partial charge in [0.15, 0.2) is 0 Å². The Bertz CT molecular complexity index is 379. The molecule has 1 saturated heterocycles. The average Bonchev–Trinajstić information content (AvgIpc) is 2.51. The van der Waals surface area contributed by atoms with E-state index >= 15 is 0 Å². The van der Waals surface area contributed by atoms with Crippen LogP contribution in [-0.4, -0.2) is 23.8 Å². The molecular formula is C11H15ClN2O. The second kappa shape index (κ2) is 3.58. The Morgan fingerprint density at radius 2 is 2.27 bits per heavy atom. The van der Waals surface area contributed by atoms with E-state index < -0.39 is 5.60 Å². The summed E-state index contributed by atoms with van der Waals surface area (Å²) in [7, 11) is 0. The molecule has 0 aromatic heterocycles. The maximum Gasteiger partial charge on any atom is 0.0810 e. The van der Waals surface area contributed by atoms with Crippen LogP contribution in [0.15, 0.2) is 18.2 Å². The molecule has 0 saturated carbocycles. The zero-order valence-corrected chi connectivity index (χ0v) is 9.46. The molecule has 1 aliphatic heterocycles. The lowest BCUT2D eigenvalue weighted by molar-refractivity contribution is 0.0839. The van der Waals surface area contributed by atoms with Gasteiger partial charge in [-0.1, -0.05) is 17.7 Å². The van der Waals surface area contributed by atoms with E-state index in [0.29, 0.717) is 17.3 Å². The summed E-state index contributed by atoms with van der Waals surface area (Å²) in [6.07, 6.45) is 0.763. The van der Waals surface area contributed by atoms with Crippen LogP contribution in [0, 0.1) is 0 Å². The maximum absolute atomic E-state index is 9.87. The minimum atomic E-state index is -0.616. The number of nitrogens with zero attached hydrogens (tertiary/aromatic N) is 1. The number of aliphatic hydroxyl groups is 1. The summed E-state index contributed by atoms with van der Waals surface area (Å²) in [6, 6.07) is 5.58. The predicted octanol–water partition coefficient (Wildman–Crippen LogP) is 1.88. The topological polar surface area (TPSA) is 49.5 Å². The van der Waals surface area contributed by atoms with Gasteiger partial charge in [-0.2, -0.15) is 0 Å². The molecule has 0 bridgehead atoms. The summed E-state index contributed by atoms with van der Waals surface area (Å²) in [4.78, 5) is 2.07.